The van der Waals surface area contributed by atoms with Crippen LogP contribution < -0.4 is 0 Å². The van der Waals surface area contributed by atoms with Crippen LogP contribution in [0.5, 0.6) is 0 Å². The van der Waals surface area contributed by atoms with E-state index in [4.69, 9.17) is 4.98 Å². The number of nitriles is 1. The van der Waals surface area contributed by atoms with E-state index in [0.717, 1.165) is 35.6 Å². The number of rotatable bonds is 2. The smallest absolute Gasteiger partial charge is 0.276 e. The molecule has 0 unspecified atom stereocenters. The zero-order valence-corrected chi connectivity index (χ0v) is 17.2. The first-order chi connectivity index (χ1) is 14.4. The maximum absolute atomic E-state index is 10.6. The van der Waals surface area contributed by atoms with Crippen LogP contribution >= 0.6 is 0 Å². The highest BCUT2D eigenvalue weighted by Crippen LogP contribution is 2.53. The number of aliphatic hydroxyl groups is 1. The molecule has 2 heterocycles. The second-order valence-electron chi connectivity index (χ2n) is 8.51. The molecule has 2 aliphatic carbocycles. The van der Waals surface area contributed by atoms with Gasteiger partial charge >= 0.3 is 0 Å². The Hall–Kier alpha value is -3.47. The van der Waals surface area contributed by atoms with Crippen LogP contribution in [0, 0.1) is 23.2 Å². The maximum Gasteiger partial charge on any atom is 0.276 e. The number of aromatic nitrogens is 6. The van der Waals surface area contributed by atoms with Crippen molar-refractivity contribution in [2.75, 3.05) is 0 Å². The molecule has 2 aliphatic rings. The first-order valence-corrected chi connectivity index (χ1v) is 10.2. The normalized spacial score (nSPS) is 25.5. The summed E-state index contributed by atoms with van der Waals surface area (Å²) in [6.07, 6.45) is 2.18. The van der Waals surface area contributed by atoms with Gasteiger partial charge in [0, 0.05) is 16.9 Å². The lowest BCUT2D eigenvalue weighted by atomic mass is 9.57. The predicted octanol–water partition coefficient (Wildman–Crippen LogP) is 3.26. The molecule has 0 spiro atoms. The fraction of sp³-hybridized carbons (Fsp3) is 0.409. The van der Waals surface area contributed by atoms with Crippen molar-refractivity contribution >= 4 is 0 Å². The number of benzene rings is 1. The Morgan fingerprint density at radius 2 is 2.03 bits per heavy atom. The van der Waals surface area contributed by atoms with Crippen molar-refractivity contribution in [3.8, 4) is 23.4 Å². The molecule has 3 atom stereocenters. The molecule has 0 amide bonds. The van der Waals surface area contributed by atoms with Crippen LogP contribution in [-0.4, -0.2) is 34.9 Å². The first kappa shape index (κ1) is 18.6. The molecule has 5 rings (SSSR count). The van der Waals surface area contributed by atoms with Gasteiger partial charge in [0.25, 0.3) is 5.95 Å². The minimum Gasteiger partial charge on any atom is -0.511 e. The largest absolute Gasteiger partial charge is 0.511 e. The number of tetrazole rings is 1. The number of hydrogen-bond donors (Lipinski definition) is 1. The fourth-order valence-electron chi connectivity index (χ4n) is 5.32. The van der Waals surface area contributed by atoms with Crippen LogP contribution in [0.15, 0.2) is 41.7 Å². The second-order valence-corrected chi connectivity index (χ2v) is 8.51. The second kappa shape index (κ2) is 6.52. The van der Waals surface area contributed by atoms with Crippen LogP contribution in [0.1, 0.15) is 38.1 Å². The summed E-state index contributed by atoms with van der Waals surface area (Å²) in [5.41, 5.74) is 3.12. The lowest BCUT2D eigenvalue weighted by Gasteiger charge is -2.46. The highest BCUT2D eigenvalue weighted by molar-refractivity contribution is 5.60. The van der Waals surface area contributed by atoms with Crippen molar-refractivity contribution in [2.45, 2.75) is 38.5 Å². The van der Waals surface area contributed by atoms with E-state index in [1.165, 1.54) is 4.80 Å². The van der Waals surface area contributed by atoms with Gasteiger partial charge in [0.05, 0.1) is 30.1 Å². The van der Waals surface area contributed by atoms with E-state index in [9.17, 15) is 10.4 Å². The molecule has 0 radical (unpaired) electrons. The highest BCUT2D eigenvalue weighted by Gasteiger charge is 2.51. The molecule has 0 saturated heterocycles. The van der Waals surface area contributed by atoms with Crippen LogP contribution in [0.25, 0.3) is 17.3 Å². The Balaban J connectivity index is 1.76. The SMILES string of the molecule is C[C@@H]1C(O)=C(C#N)C[C@]2(C)c3nc(-c4ccccc4)n(-c4nnn(C)n4)c3CC[C@@H]12. The minimum absolute atomic E-state index is 0.0773. The van der Waals surface area contributed by atoms with E-state index >= 15 is 0 Å². The van der Waals surface area contributed by atoms with Gasteiger partial charge in [-0.05, 0) is 30.4 Å². The van der Waals surface area contributed by atoms with Gasteiger partial charge in [-0.25, -0.2) is 4.98 Å². The number of fused-ring (bicyclic) bond motifs is 3. The fourth-order valence-corrected chi connectivity index (χ4v) is 5.32. The molecule has 2 aromatic heterocycles. The Morgan fingerprint density at radius 3 is 2.70 bits per heavy atom. The van der Waals surface area contributed by atoms with Gasteiger partial charge in [-0.2, -0.15) is 10.1 Å². The summed E-state index contributed by atoms with van der Waals surface area (Å²) < 4.78 is 2.01. The molecule has 30 heavy (non-hydrogen) atoms. The molecule has 1 N–H and O–H groups in total. The Kier molecular flexibility index (Phi) is 4.03. The van der Waals surface area contributed by atoms with E-state index < -0.39 is 0 Å². The molecule has 0 aliphatic heterocycles. The van der Waals surface area contributed by atoms with Gasteiger partial charge in [-0.1, -0.05) is 49.3 Å². The van der Waals surface area contributed by atoms with Gasteiger partial charge in [0.1, 0.15) is 11.6 Å². The lowest BCUT2D eigenvalue weighted by Crippen LogP contribution is -2.44. The van der Waals surface area contributed by atoms with Crippen molar-refractivity contribution in [1.82, 2.24) is 29.8 Å². The van der Waals surface area contributed by atoms with Crippen molar-refractivity contribution in [3.05, 3.63) is 53.1 Å². The summed E-state index contributed by atoms with van der Waals surface area (Å²) in [6, 6.07) is 12.2. The van der Waals surface area contributed by atoms with Gasteiger partial charge in [-0.3, -0.25) is 4.57 Å². The quantitative estimate of drug-likeness (QED) is 0.707. The number of aryl methyl sites for hydroxylation is 1. The van der Waals surface area contributed by atoms with Gasteiger partial charge in [-0.15, -0.1) is 5.10 Å². The molecule has 0 fully saturated rings. The summed E-state index contributed by atoms with van der Waals surface area (Å²) in [4.78, 5) is 6.57. The van der Waals surface area contributed by atoms with E-state index in [2.05, 4.69) is 28.4 Å². The third-order valence-electron chi connectivity index (χ3n) is 6.78. The zero-order valence-electron chi connectivity index (χ0n) is 17.2. The number of allylic oxidation sites excluding steroid dienone is 2. The summed E-state index contributed by atoms with van der Waals surface area (Å²) in [5, 5.41) is 32.9. The number of imidazole rings is 1. The summed E-state index contributed by atoms with van der Waals surface area (Å²) in [5.74, 6) is 1.65. The Bertz CT molecular complexity index is 1200. The molecular formula is C22H23N7O. The van der Waals surface area contributed by atoms with Crippen molar-refractivity contribution in [2.24, 2.45) is 18.9 Å². The van der Waals surface area contributed by atoms with Crippen LogP contribution in [-0.2, 0) is 18.9 Å². The standard InChI is InChI=1S/C22H23N7O/c1-13-16-9-10-17-19(22(16,2)11-15(12-23)18(13)30)24-20(14-7-5-4-6-8-14)29(17)21-25-27-28(3)26-21/h4-8,13,16,30H,9-11H2,1-3H3/t13-,16-,22-/m0/s1. The van der Waals surface area contributed by atoms with Gasteiger partial charge < -0.3 is 5.11 Å². The third kappa shape index (κ3) is 2.51. The molecule has 8 heteroatoms. The third-order valence-corrected chi connectivity index (χ3v) is 6.78. The predicted molar refractivity (Wildman–Crippen MR) is 110 cm³/mol. The molecule has 0 bridgehead atoms. The van der Waals surface area contributed by atoms with Gasteiger partial charge in [0.2, 0.25) is 0 Å². The zero-order chi connectivity index (χ0) is 21.0. The van der Waals surface area contributed by atoms with Crippen molar-refractivity contribution in [1.29, 1.82) is 5.26 Å². The molecule has 0 saturated carbocycles. The maximum atomic E-state index is 10.6. The van der Waals surface area contributed by atoms with Crippen molar-refractivity contribution in [3.63, 3.8) is 0 Å². The molecular weight excluding hydrogens is 378 g/mol. The summed E-state index contributed by atoms with van der Waals surface area (Å²) >= 11 is 0. The Labute approximate surface area is 174 Å². The van der Waals surface area contributed by atoms with Crippen LogP contribution in [0.2, 0.25) is 0 Å². The number of aliphatic hydroxyl groups excluding tert-OH is 1. The topological polar surface area (TPSA) is 105 Å². The molecule has 152 valence electrons. The van der Waals surface area contributed by atoms with Crippen molar-refractivity contribution < 1.29 is 5.11 Å². The Morgan fingerprint density at radius 1 is 1.27 bits per heavy atom. The van der Waals surface area contributed by atoms with Crippen LogP contribution in [0.3, 0.4) is 0 Å². The minimum atomic E-state index is -0.346. The molecule has 3 aromatic rings. The number of hydrogen-bond acceptors (Lipinski definition) is 6. The first-order valence-electron chi connectivity index (χ1n) is 10.2. The lowest BCUT2D eigenvalue weighted by molar-refractivity contribution is 0.135. The average molecular weight is 401 g/mol. The number of nitrogens with zero attached hydrogens (tertiary/aromatic N) is 7. The van der Waals surface area contributed by atoms with Crippen LogP contribution in [0.4, 0.5) is 0 Å². The van der Waals surface area contributed by atoms with Gasteiger partial charge in [0.15, 0.2) is 0 Å². The van der Waals surface area contributed by atoms with E-state index in [1.807, 2.05) is 41.8 Å². The highest BCUT2D eigenvalue weighted by atomic mass is 16.3. The summed E-state index contributed by atoms with van der Waals surface area (Å²) in [6.45, 7) is 4.19. The summed E-state index contributed by atoms with van der Waals surface area (Å²) in [7, 11) is 1.75. The molecule has 1 aromatic carbocycles. The average Bonchev–Trinajstić information content (AvgIpc) is 3.35. The van der Waals surface area contributed by atoms with E-state index in [1.54, 1.807) is 7.05 Å². The molecule has 8 nitrogen and oxygen atoms in total. The van der Waals surface area contributed by atoms with E-state index in [-0.39, 0.29) is 23.0 Å². The monoisotopic (exact) mass is 401 g/mol. The van der Waals surface area contributed by atoms with E-state index in [0.29, 0.717) is 17.9 Å².